The second kappa shape index (κ2) is 10.9. The summed E-state index contributed by atoms with van der Waals surface area (Å²) in [5.74, 6) is 1.36. The maximum absolute atomic E-state index is 12.0. The van der Waals surface area contributed by atoms with Gasteiger partial charge in [-0.05, 0) is 50.1 Å². The number of aliphatic hydroxyl groups excluding tert-OH is 1. The minimum Gasteiger partial charge on any atom is -0.494 e. The van der Waals surface area contributed by atoms with Gasteiger partial charge in [0.1, 0.15) is 24.2 Å². The Labute approximate surface area is 189 Å². The average molecular weight is 462 g/mol. The molecule has 2 aromatic carbocycles. The number of aliphatic hydroxyl groups is 1. The van der Waals surface area contributed by atoms with Gasteiger partial charge in [0, 0.05) is 19.1 Å². The molecule has 0 bridgehead atoms. The van der Waals surface area contributed by atoms with Crippen LogP contribution in [0.1, 0.15) is 36.2 Å². The van der Waals surface area contributed by atoms with Gasteiger partial charge in [-0.25, -0.2) is 8.42 Å². The van der Waals surface area contributed by atoms with Gasteiger partial charge < -0.3 is 14.6 Å². The Balaban J connectivity index is 1.67. The summed E-state index contributed by atoms with van der Waals surface area (Å²) in [6, 6.07) is 14.4. The molecule has 0 amide bonds. The Morgan fingerprint density at radius 3 is 2.50 bits per heavy atom. The number of ketones is 1. The van der Waals surface area contributed by atoms with Crippen LogP contribution in [0.25, 0.3) is 0 Å². The minimum absolute atomic E-state index is 0.00351. The number of sulfone groups is 1. The number of carbonyl (C=O) groups is 1. The molecule has 0 saturated carbocycles. The van der Waals surface area contributed by atoms with Crippen LogP contribution in [-0.4, -0.2) is 67.6 Å². The SMILES string of the molecule is CCOc1ccc(CN(CC(O)COc2ccccc2C(C)=O)C2CCS(=O)(=O)C2)cc1. The van der Waals surface area contributed by atoms with Gasteiger partial charge in [-0.3, -0.25) is 9.69 Å². The van der Waals surface area contributed by atoms with Crippen LogP contribution in [0.2, 0.25) is 0 Å². The summed E-state index contributed by atoms with van der Waals surface area (Å²) in [4.78, 5) is 13.8. The summed E-state index contributed by atoms with van der Waals surface area (Å²) in [6.45, 7) is 4.75. The molecule has 0 spiro atoms. The van der Waals surface area contributed by atoms with Crippen molar-refractivity contribution in [2.75, 3.05) is 31.3 Å². The van der Waals surface area contributed by atoms with Gasteiger partial charge in [-0.1, -0.05) is 24.3 Å². The van der Waals surface area contributed by atoms with E-state index < -0.39 is 15.9 Å². The standard InChI is InChI=1S/C24H31NO6S/c1-3-30-22-10-8-19(9-11-22)14-25(20-12-13-32(28,29)17-20)15-21(27)16-31-24-7-5-4-6-23(24)18(2)26/h4-11,20-21,27H,3,12-17H2,1-2H3. The van der Waals surface area contributed by atoms with Crippen molar-refractivity contribution in [2.45, 2.75) is 39.0 Å². The van der Waals surface area contributed by atoms with E-state index in [1.165, 1.54) is 6.92 Å². The van der Waals surface area contributed by atoms with Crippen LogP contribution >= 0.6 is 0 Å². The molecule has 0 radical (unpaired) electrons. The first-order valence-electron chi connectivity index (χ1n) is 10.8. The number of ether oxygens (including phenoxy) is 2. The Kier molecular flexibility index (Phi) is 8.28. The number of hydrogen-bond donors (Lipinski definition) is 1. The van der Waals surface area contributed by atoms with Gasteiger partial charge in [-0.15, -0.1) is 0 Å². The van der Waals surface area contributed by atoms with Crippen molar-refractivity contribution in [3.05, 3.63) is 59.7 Å². The summed E-state index contributed by atoms with van der Waals surface area (Å²) < 4.78 is 35.3. The molecular weight excluding hydrogens is 430 g/mol. The lowest BCUT2D eigenvalue weighted by Gasteiger charge is -2.30. The predicted molar refractivity (Wildman–Crippen MR) is 123 cm³/mol. The molecule has 1 saturated heterocycles. The lowest BCUT2D eigenvalue weighted by Crippen LogP contribution is -2.42. The van der Waals surface area contributed by atoms with Crippen LogP contribution in [0.3, 0.4) is 0 Å². The molecule has 0 aromatic heterocycles. The summed E-state index contributed by atoms with van der Waals surface area (Å²) in [5.41, 5.74) is 1.47. The lowest BCUT2D eigenvalue weighted by molar-refractivity contribution is 0.0520. The average Bonchev–Trinajstić information content (AvgIpc) is 3.13. The highest BCUT2D eigenvalue weighted by molar-refractivity contribution is 7.91. The summed E-state index contributed by atoms with van der Waals surface area (Å²) >= 11 is 0. The maximum atomic E-state index is 12.0. The number of rotatable bonds is 11. The number of carbonyl (C=O) groups excluding carboxylic acids is 1. The Hall–Kier alpha value is -2.42. The van der Waals surface area contributed by atoms with Crippen LogP contribution in [0.5, 0.6) is 11.5 Å². The van der Waals surface area contributed by atoms with E-state index in [0.717, 1.165) is 11.3 Å². The fourth-order valence-corrected chi connectivity index (χ4v) is 5.65. The highest BCUT2D eigenvalue weighted by atomic mass is 32.2. The molecule has 8 heteroatoms. The fraction of sp³-hybridized carbons (Fsp3) is 0.458. The summed E-state index contributed by atoms with van der Waals surface area (Å²) in [5, 5.41) is 10.7. The first kappa shape index (κ1) is 24.2. The van der Waals surface area contributed by atoms with Crippen molar-refractivity contribution in [2.24, 2.45) is 0 Å². The first-order chi connectivity index (χ1) is 15.3. The van der Waals surface area contributed by atoms with E-state index >= 15 is 0 Å². The van der Waals surface area contributed by atoms with Gasteiger partial charge in [0.05, 0.1) is 23.7 Å². The Morgan fingerprint density at radius 2 is 1.88 bits per heavy atom. The summed E-state index contributed by atoms with van der Waals surface area (Å²) in [7, 11) is -3.07. The fourth-order valence-electron chi connectivity index (χ4n) is 3.89. The van der Waals surface area contributed by atoms with E-state index in [4.69, 9.17) is 9.47 Å². The van der Waals surface area contributed by atoms with Crippen LogP contribution in [0, 0.1) is 0 Å². The second-order valence-electron chi connectivity index (χ2n) is 8.08. The van der Waals surface area contributed by atoms with Crippen molar-refractivity contribution in [1.29, 1.82) is 0 Å². The molecule has 7 nitrogen and oxygen atoms in total. The topological polar surface area (TPSA) is 93.1 Å². The third-order valence-corrected chi connectivity index (χ3v) is 7.24. The molecule has 2 aromatic rings. The van der Waals surface area contributed by atoms with Crippen molar-refractivity contribution in [3.8, 4) is 11.5 Å². The Morgan fingerprint density at radius 1 is 1.16 bits per heavy atom. The van der Waals surface area contributed by atoms with Crippen LogP contribution in [0.4, 0.5) is 0 Å². The van der Waals surface area contributed by atoms with Gasteiger partial charge in [-0.2, -0.15) is 0 Å². The zero-order valence-corrected chi connectivity index (χ0v) is 19.4. The number of hydrogen-bond acceptors (Lipinski definition) is 7. The molecule has 0 aliphatic carbocycles. The van der Waals surface area contributed by atoms with Gasteiger partial charge in [0.25, 0.3) is 0 Å². The first-order valence-corrected chi connectivity index (χ1v) is 12.7. The van der Waals surface area contributed by atoms with Crippen molar-refractivity contribution >= 4 is 15.6 Å². The molecular formula is C24H31NO6S. The third-order valence-electron chi connectivity index (χ3n) is 5.49. The largest absolute Gasteiger partial charge is 0.494 e. The van der Waals surface area contributed by atoms with Crippen LogP contribution < -0.4 is 9.47 Å². The normalized spacial score (nSPS) is 18.4. The number of para-hydroxylation sites is 1. The van der Waals surface area contributed by atoms with Crippen molar-refractivity contribution in [3.63, 3.8) is 0 Å². The van der Waals surface area contributed by atoms with Gasteiger partial charge >= 0.3 is 0 Å². The monoisotopic (exact) mass is 461 g/mol. The summed E-state index contributed by atoms with van der Waals surface area (Å²) in [6.07, 6.45) is -0.305. The van der Waals surface area contributed by atoms with E-state index in [-0.39, 0.29) is 36.5 Å². The quantitative estimate of drug-likeness (QED) is 0.514. The molecule has 1 aliphatic heterocycles. The maximum Gasteiger partial charge on any atom is 0.163 e. The highest BCUT2D eigenvalue weighted by Gasteiger charge is 2.33. The molecule has 1 fully saturated rings. The number of benzene rings is 2. The molecule has 174 valence electrons. The van der Waals surface area contributed by atoms with E-state index in [0.29, 0.717) is 30.9 Å². The molecule has 3 rings (SSSR count). The molecule has 1 heterocycles. The van der Waals surface area contributed by atoms with E-state index in [1.807, 2.05) is 36.1 Å². The number of Topliss-reactive ketones (excluding diaryl/α,β-unsaturated/α-hetero) is 1. The van der Waals surface area contributed by atoms with Crippen LogP contribution in [-0.2, 0) is 16.4 Å². The van der Waals surface area contributed by atoms with E-state index in [2.05, 4.69) is 0 Å². The van der Waals surface area contributed by atoms with Crippen LogP contribution in [0.15, 0.2) is 48.5 Å². The highest BCUT2D eigenvalue weighted by Crippen LogP contribution is 2.23. The van der Waals surface area contributed by atoms with Crippen molar-refractivity contribution in [1.82, 2.24) is 4.90 Å². The van der Waals surface area contributed by atoms with E-state index in [1.54, 1.807) is 24.3 Å². The minimum atomic E-state index is -3.07. The number of nitrogens with zero attached hydrogens (tertiary/aromatic N) is 1. The third kappa shape index (κ3) is 6.79. The smallest absolute Gasteiger partial charge is 0.163 e. The van der Waals surface area contributed by atoms with E-state index in [9.17, 15) is 18.3 Å². The molecule has 2 unspecified atom stereocenters. The molecule has 1 aliphatic rings. The van der Waals surface area contributed by atoms with Crippen molar-refractivity contribution < 1.29 is 27.8 Å². The second-order valence-corrected chi connectivity index (χ2v) is 10.3. The van der Waals surface area contributed by atoms with Gasteiger partial charge in [0.15, 0.2) is 15.6 Å². The molecule has 1 N–H and O–H groups in total. The zero-order valence-electron chi connectivity index (χ0n) is 18.6. The van der Waals surface area contributed by atoms with Gasteiger partial charge in [0.2, 0.25) is 0 Å². The lowest BCUT2D eigenvalue weighted by atomic mass is 10.1. The predicted octanol–water partition coefficient (Wildman–Crippen LogP) is 2.72. The molecule has 32 heavy (non-hydrogen) atoms. The zero-order chi connectivity index (χ0) is 23.1. The Bertz CT molecular complexity index is 1010. The molecule has 2 atom stereocenters.